The number of amides is 1. The van der Waals surface area contributed by atoms with Crippen LogP contribution in [0.1, 0.15) is 21.1 Å². The quantitative estimate of drug-likeness (QED) is 0.300. The van der Waals surface area contributed by atoms with Crippen LogP contribution in [0.4, 0.5) is 11.4 Å². The SMILES string of the molecule is Cc1nc(COc2cccc(C(=O)OCC(=O)Nc3ccc([N+](=O)[O-])cc3Cl)c2)cs1. The molecule has 0 spiro atoms. The summed E-state index contributed by atoms with van der Waals surface area (Å²) >= 11 is 7.44. The molecule has 0 aliphatic rings. The molecule has 0 aliphatic heterocycles. The molecule has 1 amide bonds. The molecule has 0 atom stereocenters. The summed E-state index contributed by atoms with van der Waals surface area (Å²) in [5.41, 5.74) is 0.965. The topological polar surface area (TPSA) is 121 Å². The number of hydrogen-bond acceptors (Lipinski definition) is 8. The van der Waals surface area contributed by atoms with Crippen LogP contribution in [0, 0.1) is 17.0 Å². The van der Waals surface area contributed by atoms with Gasteiger partial charge in [-0.1, -0.05) is 17.7 Å². The molecule has 3 aromatic rings. The minimum absolute atomic E-state index is 0.00553. The summed E-state index contributed by atoms with van der Waals surface area (Å²) in [5, 5.41) is 16.0. The number of rotatable bonds is 8. The summed E-state index contributed by atoms with van der Waals surface area (Å²) in [4.78, 5) is 38.7. The van der Waals surface area contributed by atoms with Crippen LogP contribution < -0.4 is 10.1 Å². The standard InChI is InChI=1S/C20H16ClN3O6S/c1-12-22-14(11-31-12)9-29-16-4-2-3-13(7-16)20(26)30-10-19(25)23-18-6-5-15(24(27)28)8-17(18)21/h2-8,11H,9-10H2,1H3,(H,23,25). The second-order valence-corrected chi connectivity index (χ2v) is 7.69. The van der Waals surface area contributed by atoms with Gasteiger partial charge in [-0.2, -0.15) is 0 Å². The average Bonchev–Trinajstić information content (AvgIpc) is 3.17. The second kappa shape index (κ2) is 10.0. The van der Waals surface area contributed by atoms with Gasteiger partial charge in [-0.25, -0.2) is 9.78 Å². The van der Waals surface area contributed by atoms with Gasteiger partial charge >= 0.3 is 5.97 Å². The van der Waals surface area contributed by atoms with Crippen molar-refractivity contribution in [3.05, 3.63) is 79.2 Å². The van der Waals surface area contributed by atoms with Gasteiger partial charge in [0.1, 0.15) is 12.4 Å². The summed E-state index contributed by atoms with van der Waals surface area (Å²) in [6, 6.07) is 9.98. The third-order valence-electron chi connectivity index (χ3n) is 3.89. The van der Waals surface area contributed by atoms with E-state index in [4.69, 9.17) is 21.1 Å². The number of nitro groups is 1. The number of non-ortho nitro benzene ring substituents is 1. The van der Waals surface area contributed by atoms with Crippen LogP contribution in [0.5, 0.6) is 5.75 Å². The Bertz CT molecular complexity index is 1130. The lowest BCUT2D eigenvalue weighted by atomic mass is 10.2. The molecule has 9 nitrogen and oxygen atoms in total. The summed E-state index contributed by atoms with van der Waals surface area (Å²) < 4.78 is 10.7. The number of aromatic nitrogens is 1. The van der Waals surface area contributed by atoms with Gasteiger partial charge in [0.05, 0.1) is 31.9 Å². The number of nitrogens with one attached hydrogen (secondary N) is 1. The van der Waals surface area contributed by atoms with E-state index in [2.05, 4.69) is 10.3 Å². The molecule has 2 aromatic carbocycles. The van der Waals surface area contributed by atoms with Crippen molar-refractivity contribution in [2.24, 2.45) is 0 Å². The van der Waals surface area contributed by atoms with Gasteiger partial charge < -0.3 is 14.8 Å². The molecule has 1 N–H and O–H groups in total. The molecule has 3 rings (SSSR count). The van der Waals surface area contributed by atoms with E-state index in [1.165, 1.54) is 35.6 Å². The Morgan fingerprint density at radius 3 is 2.74 bits per heavy atom. The number of thiazole rings is 1. The van der Waals surface area contributed by atoms with E-state index >= 15 is 0 Å². The third-order valence-corrected chi connectivity index (χ3v) is 5.03. The second-order valence-electron chi connectivity index (χ2n) is 6.22. The number of aryl methyl sites for hydroxylation is 1. The van der Waals surface area contributed by atoms with Crippen LogP contribution in [0.2, 0.25) is 5.02 Å². The van der Waals surface area contributed by atoms with E-state index < -0.39 is 23.4 Å². The number of nitro benzene ring substituents is 1. The average molecular weight is 462 g/mol. The van der Waals surface area contributed by atoms with Gasteiger partial charge in [0, 0.05) is 17.5 Å². The molecule has 11 heteroatoms. The molecule has 0 bridgehead atoms. The van der Waals surface area contributed by atoms with E-state index in [1.807, 2.05) is 12.3 Å². The number of hydrogen-bond donors (Lipinski definition) is 1. The van der Waals surface area contributed by atoms with Crippen molar-refractivity contribution in [3.8, 4) is 5.75 Å². The lowest BCUT2D eigenvalue weighted by Crippen LogP contribution is -2.21. The molecule has 0 saturated carbocycles. The molecule has 0 aliphatic carbocycles. The van der Waals surface area contributed by atoms with Crippen molar-refractivity contribution in [1.29, 1.82) is 0 Å². The van der Waals surface area contributed by atoms with Crippen molar-refractivity contribution < 1.29 is 24.0 Å². The van der Waals surface area contributed by atoms with Gasteiger partial charge in [-0.15, -0.1) is 11.3 Å². The summed E-state index contributed by atoms with van der Waals surface area (Å²) in [5.74, 6) is -0.891. The smallest absolute Gasteiger partial charge is 0.338 e. The van der Waals surface area contributed by atoms with E-state index in [9.17, 15) is 19.7 Å². The molecule has 31 heavy (non-hydrogen) atoms. The Hall–Kier alpha value is -3.50. The number of benzene rings is 2. The van der Waals surface area contributed by atoms with Gasteiger partial charge in [0.25, 0.3) is 11.6 Å². The number of anilines is 1. The first-order valence-corrected chi connectivity index (χ1v) is 10.1. The first kappa shape index (κ1) is 22.2. The number of esters is 1. The zero-order chi connectivity index (χ0) is 22.4. The highest BCUT2D eigenvalue weighted by Gasteiger charge is 2.14. The fourth-order valence-electron chi connectivity index (χ4n) is 2.46. The highest BCUT2D eigenvalue weighted by Crippen LogP contribution is 2.26. The minimum Gasteiger partial charge on any atom is -0.487 e. The zero-order valence-electron chi connectivity index (χ0n) is 16.2. The maximum atomic E-state index is 12.2. The van der Waals surface area contributed by atoms with E-state index in [1.54, 1.807) is 12.1 Å². The molecular formula is C20H16ClN3O6S. The van der Waals surface area contributed by atoms with Crippen molar-refractivity contribution in [1.82, 2.24) is 4.98 Å². The first-order chi connectivity index (χ1) is 14.8. The number of ether oxygens (including phenoxy) is 2. The largest absolute Gasteiger partial charge is 0.487 e. The Morgan fingerprint density at radius 1 is 1.26 bits per heavy atom. The van der Waals surface area contributed by atoms with Crippen LogP contribution in [0.3, 0.4) is 0 Å². The normalized spacial score (nSPS) is 10.4. The number of nitrogens with zero attached hydrogens (tertiary/aromatic N) is 2. The van der Waals surface area contributed by atoms with Crippen molar-refractivity contribution in [3.63, 3.8) is 0 Å². The molecule has 0 radical (unpaired) electrons. The molecule has 0 saturated heterocycles. The summed E-state index contributed by atoms with van der Waals surface area (Å²) in [6.07, 6.45) is 0. The fourth-order valence-corrected chi connectivity index (χ4v) is 3.28. The predicted molar refractivity (Wildman–Crippen MR) is 115 cm³/mol. The molecule has 160 valence electrons. The van der Waals surface area contributed by atoms with E-state index in [0.717, 1.165) is 16.8 Å². The van der Waals surface area contributed by atoms with Gasteiger partial charge in [0.15, 0.2) is 6.61 Å². The van der Waals surface area contributed by atoms with Crippen LogP contribution in [-0.4, -0.2) is 28.4 Å². The van der Waals surface area contributed by atoms with Gasteiger partial charge in [-0.3, -0.25) is 14.9 Å². The maximum Gasteiger partial charge on any atom is 0.338 e. The van der Waals surface area contributed by atoms with Crippen LogP contribution >= 0.6 is 22.9 Å². The lowest BCUT2D eigenvalue weighted by Gasteiger charge is -2.09. The maximum absolute atomic E-state index is 12.2. The Balaban J connectivity index is 1.53. The van der Waals surface area contributed by atoms with E-state index in [0.29, 0.717) is 5.75 Å². The predicted octanol–water partition coefficient (Wildman–Crippen LogP) is 4.39. The first-order valence-electron chi connectivity index (χ1n) is 8.86. The lowest BCUT2D eigenvalue weighted by molar-refractivity contribution is -0.384. The Morgan fingerprint density at radius 2 is 2.06 bits per heavy atom. The number of carbonyl (C=O) groups is 2. The molecule has 0 unspecified atom stereocenters. The molecule has 1 heterocycles. The van der Waals surface area contributed by atoms with E-state index in [-0.39, 0.29) is 28.6 Å². The number of carbonyl (C=O) groups excluding carboxylic acids is 2. The molecular weight excluding hydrogens is 446 g/mol. The van der Waals surface area contributed by atoms with Gasteiger partial charge in [0.2, 0.25) is 0 Å². The fraction of sp³-hybridized carbons (Fsp3) is 0.150. The highest BCUT2D eigenvalue weighted by molar-refractivity contribution is 7.09. The van der Waals surface area contributed by atoms with Crippen molar-refractivity contribution >= 4 is 46.2 Å². The van der Waals surface area contributed by atoms with Crippen LogP contribution in [0.25, 0.3) is 0 Å². The molecule has 0 fully saturated rings. The van der Waals surface area contributed by atoms with Crippen molar-refractivity contribution in [2.75, 3.05) is 11.9 Å². The number of halogens is 1. The van der Waals surface area contributed by atoms with Gasteiger partial charge in [-0.05, 0) is 31.2 Å². The molecule has 1 aromatic heterocycles. The van der Waals surface area contributed by atoms with Crippen molar-refractivity contribution in [2.45, 2.75) is 13.5 Å². The summed E-state index contributed by atoms with van der Waals surface area (Å²) in [7, 11) is 0. The van der Waals surface area contributed by atoms with Crippen LogP contribution in [-0.2, 0) is 16.1 Å². The summed E-state index contributed by atoms with van der Waals surface area (Å²) in [6.45, 7) is 1.60. The minimum atomic E-state index is -0.708. The third kappa shape index (κ3) is 6.24. The highest BCUT2D eigenvalue weighted by atomic mass is 35.5. The van der Waals surface area contributed by atoms with Crippen LogP contribution in [0.15, 0.2) is 47.8 Å². The Labute approximate surface area is 185 Å². The monoisotopic (exact) mass is 461 g/mol. The zero-order valence-corrected chi connectivity index (χ0v) is 17.7. The Kier molecular flexibility index (Phi) is 7.16.